The maximum absolute atomic E-state index is 13.4. The summed E-state index contributed by atoms with van der Waals surface area (Å²) in [7, 11) is 1.25. The molecule has 2 saturated heterocycles. The molecule has 0 aliphatic carbocycles. The number of hydrogen-bond donors (Lipinski definition) is 1. The molecule has 2 aromatic carbocycles. The zero-order valence-electron chi connectivity index (χ0n) is 16.3. The van der Waals surface area contributed by atoms with Gasteiger partial charge in [-0.1, -0.05) is 24.3 Å². The van der Waals surface area contributed by atoms with Crippen molar-refractivity contribution in [1.29, 1.82) is 0 Å². The van der Waals surface area contributed by atoms with Gasteiger partial charge in [0, 0.05) is 6.04 Å². The molecule has 4 atom stereocenters. The molecule has 0 saturated carbocycles. The number of nitrogens with zero attached hydrogens (tertiary/aromatic N) is 1. The van der Waals surface area contributed by atoms with Gasteiger partial charge in [0.05, 0.1) is 24.6 Å². The van der Waals surface area contributed by atoms with Crippen LogP contribution in [0.3, 0.4) is 0 Å². The van der Waals surface area contributed by atoms with Crippen molar-refractivity contribution in [2.24, 2.45) is 11.8 Å². The predicted molar refractivity (Wildman–Crippen MR) is 103 cm³/mol. The summed E-state index contributed by atoms with van der Waals surface area (Å²) in [6.07, 6.45) is 0. The summed E-state index contributed by atoms with van der Waals surface area (Å²) >= 11 is 0. The molecule has 2 aliphatic rings. The van der Waals surface area contributed by atoms with Crippen molar-refractivity contribution in [3.8, 4) is 0 Å². The van der Waals surface area contributed by atoms with Gasteiger partial charge in [-0.05, 0) is 49.2 Å². The number of carbonyl (C=O) groups is 3. The fourth-order valence-electron chi connectivity index (χ4n) is 4.59. The number of imide groups is 1. The van der Waals surface area contributed by atoms with Gasteiger partial charge in [-0.25, -0.2) is 9.29 Å². The summed E-state index contributed by atoms with van der Waals surface area (Å²) in [5.74, 6) is -3.70. The number of anilines is 1. The minimum absolute atomic E-state index is 0.284. The standard InChI is InChI=1S/C22H21FN2O4/c1-12-6-4-5-7-15(12)18-16-17(22(2,24-18)21(28)29-3)20(27)25(19(16)26)14-10-8-13(23)9-11-14/h4-11,16-18,24H,1-3H3/t16-,17-,18+,22+/m0/s1. The van der Waals surface area contributed by atoms with E-state index in [4.69, 9.17) is 4.74 Å². The molecule has 2 aromatic rings. The first-order valence-corrected chi connectivity index (χ1v) is 9.34. The second-order valence-corrected chi connectivity index (χ2v) is 7.66. The highest BCUT2D eigenvalue weighted by Crippen LogP contribution is 2.50. The summed E-state index contributed by atoms with van der Waals surface area (Å²) in [4.78, 5) is 40.5. The first kappa shape index (κ1) is 19.3. The van der Waals surface area contributed by atoms with E-state index in [2.05, 4.69) is 5.32 Å². The Morgan fingerprint density at radius 2 is 1.76 bits per heavy atom. The summed E-state index contributed by atoms with van der Waals surface area (Å²) in [6.45, 7) is 3.51. The van der Waals surface area contributed by atoms with Crippen LogP contribution in [-0.4, -0.2) is 30.4 Å². The summed E-state index contributed by atoms with van der Waals surface area (Å²) in [5, 5.41) is 3.22. The molecule has 0 bridgehead atoms. The van der Waals surface area contributed by atoms with E-state index < -0.39 is 47.0 Å². The fraction of sp³-hybridized carbons (Fsp3) is 0.318. The van der Waals surface area contributed by atoms with Crippen molar-refractivity contribution in [1.82, 2.24) is 5.32 Å². The van der Waals surface area contributed by atoms with Crippen LogP contribution in [0.5, 0.6) is 0 Å². The van der Waals surface area contributed by atoms with E-state index in [0.717, 1.165) is 16.0 Å². The van der Waals surface area contributed by atoms with Gasteiger partial charge >= 0.3 is 5.97 Å². The van der Waals surface area contributed by atoms with Crippen molar-refractivity contribution < 1.29 is 23.5 Å². The van der Waals surface area contributed by atoms with Gasteiger partial charge in [-0.3, -0.25) is 19.7 Å². The van der Waals surface area contributed by atoms with E-state index in [-0.39, 0.29) is 5.69 Å². The molecule has 2 aliphatic heterocycles. The Kier molecular flexibility index (Phi) is 4.50. The number of esters is 1. The van der Waals surface area contributed by atoms with Gasteiger partial charge in [0.15, 0.2) is 0 Å². The number of fused-ring (bicyclic) bond motifs is 1. The van der Waals surface area contributed by atoms with Crippen LogP contribution < -0.4 is 10.2 Å². The summed E-state index contributed by atoms with van der Waals surface area (Å²) in [6, 6.07) is 12.2. The number of nitrogens with one attached hydrogen (secondary N) is 1. The van der Waals surface area contributed by atoms with Gasteiger partial charge in [0.2, 0.25) is 11.8 Å². The van der Waals surface area contributed by atoms with Crippen molar-refractivity contribution >= 4 is 23.5 Å². The fourth-order valence-corrected chi connectivity index (χ4v) is 4.59. The normalized spacial score (nSPS) is 28.6. The predicted octanol–water partition coefficient (Wildman–Crippen LogP) is 2.52. The molecule has 150 valence electrons. The van der Waals surface area contributed by atoms with E-state index in [0.29, 0.717) is 0 Å². The highest BCUT2D eigenvalue weighted by Gasteiger charge is 2.67. The molecule has 4 rings (SSSR count). The zero-order chi connectivity index (χ0) is 20.9. The van der Waals surface area contributed by atoms with E-state index in [1.54, 1.807) is 6.92 Å². The first-order valence-electron chi connectivity index (χ1n) is 9.34. The Morgan fingerprint density at radius 1 is 1.10 bits per heavy atom. The molecule has 2 fully saturated rings. The zero-order valence-corrected chi connectivity index (χ0v) is 16.3. The number of hydrogen-bond acceptors (Lipinski definition) is 5. The number of amides is 2. The van der Waals surface area contributed by atoms with Gasteiger partial charge in [-0.2, -0.15) is 0 Å². The number of benzene rings is 2. The molecule has 0 spiro atoms. The van der Waals surface area contributed by atoms with Crippen LogP contribution in [0.4, 0.5) is 10.1 Å². The number of rotatable bonds is 3. The van der Waals surface area contributed by atoms with Gasteiger partial charge < -0.3 is 4.74 Å². The van der Waals surface area contributed by atoms with Crippen LogP contribution in [0.15, 0.2) is 48.5 Å². The Labute approximate surface area is 167 Å². The topological polar surface area (TPSA) is 75.7 Å². The number of methoxy groups -OCH3 is 1. The first-order chi connectivity index (χ1) is 13.8. The molecule has 29 heavy (non-hydrogen) atoms. The highest BCUT2D eigenvalue weighted by atomic mass is 19.1. The van der Waals surface area contributed by atoms with E-state index in [9.17, 15) is 18.8 Å². The lowest BCUT2D eigenvalue weighted by molar-refractivity contribution is -0.151. The number of carbonyl (C=O) groups excluding carboxylic acids is 3. The molecule has 0 radical (unpaired) electrons. The highest BCUT2D eigenvalue weighted by molar-refractivity contribution is 6.24. The maximum atomic E-state index is 13.4. The molecular formula is C22H21FN2O4. The minimum atomic E-state index is -1.37. The molecule has 0 aromatic heterocycles. The summed E-state index contributed by atoms with van der Waals surface area (Å²) < 4.78 is 18.3. The number of ether oxygens (including phenoxy) is 1. The van der Waals surface area contributed by atoms with Crippen LogP contribution in [0.25, 0.3) is 0 Å². The van der Waals surface area contributed by atoms with Crippen molar-refractivity contribution in [3.63, 3.8) is 0 Å². The smallest absolute Gasteiger partial charge is 0.326 e. The van der Waals surface area contributed by atoms with Crippen molar-refractivity contribution in [3.05, 3.63) is 65.5 Å². The molecule has 2 amide bonds. The molecule has 7 heteroatoms. The average molecular weight is 396 g/mol. The second-order valence-electron chi connectivity index (χ2n) is 7.66. The maximum Gasteiger partial charge on any atom is 0.326 e. The minimum Gasteiger partial charge on any atom is -0.468 e. The van der Waals surface area contributed by atoms with E-state index in [1.807, 2.05) is 31.2 Å². The van der Waals surface area contributed by atoms with Crippen LogP contribution in [-0.2, 0) is 19.1 Å². The quantitative estimate of drug-likeness (QED) is 0.637. The number of aryl methyl sites for hydroxylation is 1. The lowest BCUT2D eigenvalue weighted by Gasteiger charge is -2.29. The Morgan fingerprint density at radius 3 is 2.38 bits per heavy atom. The lowest BCUT2D eigenvalue weighted by Crippen LogP contribution is -2.54. The van der Waals surface area contributed by atoms with Gasteiger partial charge in [0.25, 0.3) is 0 Å². The van der Waals surface area contributed by atoms with Crippen LogP contribution in [0.2, 0.25) is 0 Å². The Balaban J connectivity index is 1.84. The third-order valence-electron chi connectivity index (χ3n) is 6.01. The van der Waals surface area contributed by atoms with Crippen LogP contribution in [0, 0.1) is 24.6 Å². The van der Waals surface area contributed by atoms with Gasteiger partial charge in [0.1, 0.15) is 11.4 Å². The molecule has 0 unspecified atom stereocenters. The van der Waals surface area contributed by atoms with Crippen LogP contribution >= 0.6 is 0 Å². The lowest BCUT2D eigenvalue weighted by atomic mass is 9.80. The van der Waals surface area contributed by atoms with Crippen molar-refractivity contribution in [2.45, 2.75) is 25.4 Å². The largest absolute Gasteiger partial charge is 0.468 e. The molecule has 6 nitrogen and oxygen atoms in total. The molecular weight excluding hydrogens is 375 g/mol. The van der Waals surface area contributed by atoms with Crippen LogP contribution in [0.1, 0.15) is 24.1 Å². The average Bonchev–Trinajstić information content (AvgIpc) is 3.16. The number of halogens is 1. The Hall–Kier alpha value is -3.06. The Bertz CT molecular complexity index is 1010. The third kappa shape index (κ3) is 2.76. The summed E-state index contributed by atoms with van der Waals surface area (Å²) in [5.41, 5.74) is 0.704. The SMILES string of the molecule is COC(=O)[C@]1(C)N[C@H](c2ccccc2C)[C@H]2C(=O)N(c3ccc(F)cc3)C(=O)[C@H]21. The van der Waals surface area contributed by atoms with E-state index in [1.165, 1.54) is 31.4 Å². The molecule has 1 N–H and O–H groups in total. The third-order valence-corrected chi connectivity index (χ3v) is 6.01. The van der Waals surface area contributed by atoms with Gasteiger partial charge in [-0.15, -0.1) is 0 Å². The van der Waals surface area contributed by atoms with E-state index >= 15 is 0 Å². The molecule has 2 heterocycles. The monoisotopic (exact) mass is 396 g/mol. The second kappa shape index (κ2) is 6.77. The van der Waals surface area contributed by atoms with Crippen molar-refractivity contribution in [2.75, 3.05) is 12.0 Å².